The topological polar surface area (TPSA) is 84.2 Å². The van der Waals surface area contributed by atoms with Crippen molar-refractivity contribution in [2.45, 2.75) is 6.54 Å². The number of carbonyl (C=O) groups is 2. The zero-order valence-corrected chi connectivity index (χ0v) is 15.4. The van der Waals surface area contributed by atoms with Gasteiger partial charge in [-0.1, -0.05) is 36.4 Å². The summed E-state index contributed by atoms with van der Waals surface area (Å²) in [6.45, 7) is 2.12. The molecular formula is C18H18N6O2S. The van der Waals surface area contributed by atoms with E-state index in [0.29, 0.717) is 32.0 Å². The number of nitrogens with zero attached hydrogens (tertiary/aromatic N) is 6. The Morgan fingerprint density at radius 2 is 1.70 bits per heavy atom. The average molecular weight is 382 g/mol. The van der Waals surface area contributed by atoms with E-state index >= 15 is 0 Å². The van der Waals surface area contributed by atoms with E-state index in [4.69, 9.17) is 0 Å². The average Bonchev–Trinajstić information content (AvgIpc) is 3.40. The maximum Gasteiger partial charge on any atom is 0.264 e. The van der Waals surface area contributed by atoms with E-state index in [1.807, 2.05) is 47.8 Å². The first-order valence-electron chi connectivity index (χ1n) is 8.64. The molecule has 2 amide bonds. The molecule has 3 heterocycles. The highest BCUT2D eigenvalue weighted by molar-refractivity contribution is 7.12. The van der Waals surface area contributed by atoms with Gasteiger partial charge in [0.05, 0.1) is 4.88 Å². The fraction of sp³-hybridized carbons (Fsp3) is 0.278. The van der Waals surface area contributed by atoms with E-state index in [-0.39, 0.29) is 18.4 Å². The number of amides is 2. The Kier molecular flexibility index (Phi) is 4.93. The molecule has 0 N–H and O–H groups in total. The minimum absolute atomic E-state index is 0.0301. The number of benzene rings is 1. The van der Waals surface area contributed by atoms with E-state index in [2.05, 4.69) is 15.4 Å². The van der Waals surface area contributed by atoms with Crippen molar-refractivity contribution < 1.29 is 9.59 Å². The van der Waals surface area contributed by atoms with Gasteiger partial charge in [0.25, 0.3) is 5.91 Å². The molecular weight excluding hydrogens is 364 g/mol. The van der Waals surface area contributed by atoms with E-state index in [9.17, 15) is 9.59 Å². The third-order valence-corrected chi connectivity index (χ3v) is 5.27. The lowest BCUT2D eigenvalue weighted by molar-refractivity contribution is -0.133. The van der Waals surface area contributed by atoms with Gasteiger partial charge in [0.15, 0.2) is 0 Å². The van der Waals surface area contributed by atoms with Crippen LogP contribution in [0.25, 0.3) is 11.4 Å². The van der Waals surface area contributed by atoms with Crippen LogP contribution in [0.1, 0.15) is 9.67 Å². The van der Waals surface area contributed by atoms with Crippen LogP contribution in [0.5, 0.6) is 0 Å². The lowest BCUT2D eigenvalue weighted by atomic mass is 10.2. The zero-order chi connectivity index (χ0) is 18.6. The van der Waals surface area contributed by atoms with Gasteiger partial charge in [-0.3, -0.25) is 9.59 Å². The van der Waals surface area contributed by atoms with E-state index in [1.54, 1.807) is 9.80 Å². The summed E-state index contributed by atoms with van der Waals surface area (Å²) >= 11 is 1.44. The molecule has 3 aromatic rings. The number of carbonyl (C=O) groups excluding carboxylic acids is 2. The number of aromatic nitrogens is 4. The van der Waals surface area contributed by atoms with Crippen molar-refractivity contribution in [1.82, 2.24) is 30.0 Å². The first-order chi connectivity index (χ1) is 13.2. The summed E-state index contributed by atoms with van der Waals surface area (Å²) in [6, 6.07) is 13.2. The molecule has 4 rings (SSSR count). The van der Waals surface area contributed by atoms with Gasteiger partial charge in [-0.15, -0.1) is 21.5 Å². The standard InChI is InChI=1S/C18H18N6O2S/c25-16(13-24-20-17(19-21-24)14-5-2-1-3-6-14)22-8-10-23(11-9-22)18(26)15-7-4-12-27-15/h1-7,12H,8-11,13H2. The summed E-state index contributed by atoms with van der Waals surface area (Å²) in [5.74, 6) is 0.451. The third-order valence-electron chi connectivity index (χ3n) is 4.41. The molecule has 1 saturated heterocycles. The lowest BCUT2D eigenvalue weighted by Crippen LogP contribution is -2.51. The molecule has 27 heavy (non-hydrogen) atoms. The number of rotatable bonds is 4. The van der Waals surface area contributed by atoms with Crippen LogP contribution in [0.2, 0.25) is 0 Å². The van der Waals surface area contributed by atoms with Crippen LogP contribution in [0.3, 0.4) is 0 Å². The van der Waals surface area contributed by atoms with Gasteiger partial charge in [0.2, 0.25) is 11.7 Å². The SMILES string of the molecule is O=C(Cn1nnc(-c2ccccc2)n1)N1CCN(C(=O)c2cccs2)CC1. The van der Waals surface area contributed by atoms with Crippen LogP contribution in [0, 0.1) is 0 Å². The monoisotopic (exact) mass is 382 g/mol. The van der Waals surface area contributed by atoms with Crippen molar-refractivity contribution in [2.75, 3.05) is 26.2 Å². The highest BCUT2D eigenvalue weighted by Crippen LogP contribution is 2.14. The summed E-state index contributed by atoms with van der Waals surface area (Å²) in [6.07, 6.45) is 0. The normalized spacial score (nSPS) is 14.4. The van der Waals surface area contributed by atoms with Crippen LogP contribution in [0.4, 0.5) is 0 Å². The van der Waals surface area contributed by atoms with Crippen LogP contribution in [-0.4, -0.2) is 68.0 Å². The van der Waals surface area contributed by atoms with Gasteiger partial charge in [0.1, 0.15) is 6.54 Å². The first kappa shape index (κ1) is 17.3. The van der Waals surface area contributed by atoms with E-state index in [0.717, 1.165) is 10.4 Å². The van der Waals surface area contributed by atoms with Crippen molar-refractivity contribution in [3.05, 3.63) is 52.7 Å². The molecule has 0 bridgehead atoms. The van der Waals surface area contributed by atoms with Crippen molar-refractivity contribution in [3.63, 3.8) is 0 Å². The van der Waals surface area contributed by atoms with Gasteiger partial charge in [-0.2, -0.15) is 4.80 Å². The van der Waals surface area contributed by atoms with E-state index in [1.165, 1.54) is 16.1 Å². The summed E-state index contributed by atoms with van der Waals surface area (Å²) < 4.78 is 0. The quantitative estimate of drug-likeness (QED) is 0.681. The summed E-state index contributed by atoms with van der Waals surface area (Å²) in [5, 5.41) is 14.1. The predicted molar refractivity (Wildman–Crippen MR) is 100 cm³/mol. The zero-order valence-electron chi connectivity index (χ0n) is 14.6. The minimum atomic E-state index is -0.0739. The number of thiophene rings is 1. The lowest BCUT2D eigenvalue weighted by Gasteiger charge is -2.34. The maximum absolute atomic E-state index is 12.5. The molecule has 138 valence electrons. The fourth-order valence-electron chi connectivity index (χ4n) is 2.95. The fourth-order valence-corrected chi connectivity index (χ4v) is 3.64. The van der Waals surface area contributed by atoms with E-state index < -0.39 is 0 Å². The van der Waals surface area contributed by atoms with Crippen molar-refractivity contribution in [2.24, 2.45) is 0 Å². The number of hydrogen-bond donors (Lipinski definition) is 0. The van der Waals surface area contributed by atoms with Gasteiger partial charge >= 0.3 is 0 Å². The molecule has 0 radical (unpaired) electrons. The van der Waals surface area contributed by atoms with Crippen molar-refractivity contribution in [3.8, 4) is 11.4 Å². The Morgan fingerprint density at radius 3 is 2.41 bits per heavy atom. The smallest absolute Gasteiger partial charge is 0.264 e. The second kappa shape index (κ2) is 7.67. The maximum atomic E-state index is 12.5. The molecule has 1 aromatic carbocycles. The van der Waals surface area contributed by atoms with Crippen molar-refractivity contribution in [1.29, 1.82) is 0 Å². The molecule has 1 fully saturated rings. The molecule has 0 spiro atoms. The van der Waals surface area contributed by atoms with Crippen LogP contribution in [-0.2, 0) is 11.3 Å². The molecule has 2 aromatic heterocycles. The highest BCUT2D eigenvalue weighted by atomic mass is 32.1. The van der Waals surface area contributed by atoms with Gasteiger partial charge < -0.3 is 9.80 Å². The van der Waals surface area contributed by atoms with Gasteiger partial charge in [-0.25, -0.2) is 0 Å². The summed E-state index contributed by atoms with van der Waals surface area (Å²) in [7, 11) is 0. The highest BCUT2D eigenvalue weighted by Gasteiger charge is 2.25. The van der Waals surface area contributed by atoms with Crippen LogP contribution < -0.4 is 0 Å². The predicted octanol–water partition coefficient (Wildman–Crippen LogP) is 1.39. The molecule has 8 nitrogen and oxygen atoms in total. The van der Waals surface area contributed by atoms with Crippen LogP contribution >= 0.6 is 11.3 Å². The Hall–Kier alpha value is -3.07. The number of hydrogen-bond acceptors (Lipinski definition) is 6. The molecule has 1 aliphatic rings. The molecule has 1 aliphatic heterocycles. The Balaban J connectivity index is 1.32. The minimum Gasteiger partial charge on any atom is -0.337 e. The Morgan fingerprint density at radius 1 is 0.963 bits per heavy atom. The van der Waals surface area contributed by atoms with Crippen LogP contribution in [0.15, 0.2) is 47.8 Å². The number of piperazine rings is 1. The Bertz CT molecular complexity index is 917. The van der Waals surface area contributed by atoms with Gasteiger partial charge in [-0.05, 0) is 16.7 Å². The van der Waals surface area contributed by atoms with Gasteiger partial charge in [0, 0.05) is 31.7 Å². The Labute approximate surface area is 160 Å². The third kappa shape index (κ3) is 3.87. The molecule has 0 atom stereocenters. The summed E-state index contributed by atoms with van der Waals surface area (Å²) in [5.41, 5.74) is 0.858. The second-order valence-corrected chi connectivity index (χ2v) is 7.11. The largest absolute Gasteiger partial charge is 0.337 e. The molecule has 0 aliphatic carbocycles. The first-order valence-corrected chi connectivity index (χ1v) is 9.52. The molecule has 0 unspecified atom stereocenters. The molecule has 0 saturated carbocycles. The van der Waals surface area contributed by atoms with Crippen molar-refractivity contribution >= 4 is 23.2 Å². The number of tetrazole rings is 1. The second-order valence-electron chi connectivity index (χ2n) is 6.16. The molecule has 9 heteroatoms. The summed E-state index contributed by atoms with van der Waals surface area (Å²) in [4.78, 5) is 30.5.